The van der Waals surface area contributed by atoms with Gasteiger partial charge in [0.2, 0.25) is 0 Å². The van der Waals surface area contributed by atoms with Gasteiger partial charge in [-0.25, -0.2) is 14.3 Å². The van der Waals surface area contributed by atoms with Gasteiger partial charge in [0.05, 0.1) is 30.7 Å². The average Bonchev–Trinajstić information content (AvgIpc) is 3.03. The van der Waals surface area contributed by atoms with Crippen LogP contribution >= 0.6 is 11.6 Å². The number of halogens is 4. The first kappa shape index (κ1) is 19.7. The molecule has 0 fully saturated rings. The van der Waals surface area contributed by atoms with Crippen molar-refractivity contribution >= 4 is 29.0 Å². The van der Waals surface area contributed by atoms with Gasteiger partial charge in [0.15, 0.2) is 16.2 Å². The second kappa shape index (κ2) is 6.23. The minimum Gasteiger partial charge on any atom is -0.443 e. The molecule has 0 bridgehead atoms. The number of nitrogens with zero attached hydrogens (tertiary/aromatic N) is 4. The van der Waals surface area contributed by atoms with Crippen molar-refractivity contribution < 1.29 is 27.4 Å². The van der Waals surface area contributed by atoms with Gasteiger partial charge >= 0.3 is 12.3 Å². The van der Waals surface area contributed by atoms with Crippen molar-refractivity contribution in [3.63, 3.8) is 0 Å². The molecule has 148 valence electrons. The molecule has 2 aromatic heterocycles. The van der Waals surface area contributed by atoms with Crippen LogP contribution in [0.5, 0.6) is 0 Å². The fourth-order valence-corrected chi connectivity index (χ4v) is 3.29. The smallest absolute Gasteiger partial charge is 0.414 e. The molecule has 0 spiro atoms. The number of anilines is 1. The van der Waals surface area contributed by atoms with Crippen molar-refractivity contribution in [2.24, 2.45) is 0 Å². The Morgan fingerprint density at radius 3 is 2.59 bits per heavy atom. The molecule has 0 N–H and O–H groups in total. The highest BCUT2D eigenvalue weighted by atomic mass is 35.5. The first-order chi connectivity index (χ1) is 12.4. The van der Waals surface area contributed by atoms with E-state index in [-0.39, 0.29) is 22.2 Å². The maximum atomic E-state index is 14.2. The SMILES string of the molecule is COCC1(C(F)(F)F)CN(C(=O)OC(C)(C)C)c2cnc3cc(Cl)nn3c21. The molecule has 1 amide bonds. The largest absolute Gasteiger partial charge is 0.443 e. The zero-order chi connectivity index (χ0) is 20.2. The van der Waals surface area contributed by atoms with E-state index in [1.165, 1.54) is 12.3 Å². The molecule has 1 aliphatic heterocycles. The van der Waals surface area contributed by atoms with Crippen LogP contribution in [0.4, 0.5) is 23.7 Å². The van der Waals surface area contributed by atoms with Crippen molar-refractivity contribution in [3.8, 4) is 0 Å². The number of rotatable bonds is 2. The third-order valence-electron chi connectivity index (χ3n) is 4.15. The standard InChI is InChI=1S/C16H18ClF3N4O3/c1-14(2,3)27-13(25)23-7-15(8-26-4,16(18,19)20)12-9(23)6-21-11-5-10(17)22-24(11)12/h5-6H,7-8H2,1-4H3. The minimum atomic E-state index is -4.73. The number of ether oxygens (including phenoxy) is 2. The van der Waals surface area contributed by atoms with Gasteiger partial charge in [0.25, 0.3) is 0 Å². The van der Waals surface area contributed by atoms with E-state index in [0.29, 0.717) is 0 Å². The maximum absolute atomic E-state index is 14.2. The van der Waals surface area contributed by atoms with Crippen LogP contribution in [-0.4, -0.2) is 52.7 Å². The van der Waals surface area contributed by atoms with Crippen LogP contribution in [0.1, 0.15) is 26.5 Å². The topological polar surface area (TPSA) is 69.0 Å². The van der Waals surface area contributed by atoms with Crippen LogP contribution in [0.15, 0.2) is 12.3 Å². The molecule has 3 heterocycles. The number of carbonyl (C=O) groups excluding carboxylic acids is 1. The number of hydrogen-bond donors (Lipinski definition) is 0. The Hall–Kier alpha value is -2.07. The molecule has 0 saturated carbocycles. The van der Waals surface area contributed by atoms with Gasteiger partial charge in [-0.15, -0.1) is 0 Å². The monoisotopic (exact) mass is 406 g/mol. The van der Waals surface area contributed by atoms with Crippen LogP contribution in [0, 0.1) is 0 Å². The molecule has 0 aromatic carbocycles. The number of methoxy groups -OCH3 is 1. The molecule has 0 aliphatic carbocycles. The van der Waals surface area contributed by atoms with E-state index in [4.69, 9.17) is 21.1 Å². The van der Waals surface area contributed by atoms with E-state index in [9.17, 15) is 18.0 Å². The van der Waals surface area contributed by atoms with Gasteiger partial charge in [-0.3, -0.25) is 4.90 Å². The summed E-state index contributed by atoms with van der Waals surface area (Å²) in [5.74, 6) is 0. The van der Waals surface area contributed by atoms with Crippen LogP contribution in [0.2, 0.25) is 5.15 Å². The molecule has 27 heavy (non-hydrogen) atoms. The zero-order valence-electron chi connectivity index (χ0n) is 15.1. The van der Waals surface area contributed by atoms with Crippen LogP contribution in [-0.2, 0) is 14.9 Å². The Morgan fingerprint density at radius 1 is 1.37 bits per heavy atom. The average molecular weight is 407 g/mol. The van der Waals surface area contributed by atoms with E-state index in [1.54, 1.807) is 20.8 Å². The molecular weight excluding hydrogens is 389 g/mol. The van der Waals surface area contributed by atoms with E-state index in [0.717, 1.165) is 16.5 Å². The molecule has 1 aliphatic rings. The predicted molar refractivity (Wildman–Crippen MR) is 91.2 cm³/mol. The third kappa shape index (κ3) is 3.20. The Labute approximate surface area is 158 Å². The molecule has 7 nitrogen and oxygen atoms in total. The van der Waals surface area contributed by atoms with Crippen LogP contribution in [0.3, 0.4) is 0 Å². The molecule has 1 atom stereocenters. The minimum absolute atomic E-state index is 0.0138. The lowest BCUT2D eigenvalue weighted by Gasteiger charge is -2.31. The molecule has 1 unspecified atom stereocenters. The van der Waals surface area contributed by atoms with Gasteiger partial charge in [-0.2, -0.15) is 18.3 Å². The molecule has 0 radical (unpaired) electrons. The number of fused-ring (bicyclic) bond motifs is 3. The summed E-state index contributed by atoms with van der Waals surface area (Å²) in [4.78, 5) is 17.6. The molecular formula is C16H18ClF3N4O3. The Morgan fingerprint density at radius 2 is 2.04 bits per heavy atom. The lowest BCUT2D eigenvalue weighted by Crippen LogP contribution is -2.51. The van der Waals surface area contributed by atoms with Crippen molar-refractivity contribution in [1.82, 2.24) is 14.6 Å². The van der Waals surface area contributed by atoms with E-state index >= 15 is 0 Å². The maximum Gasteiger partial charge on any atom is 0.414 e. The molecule has 11 heteroatoms. The summed E-state index contributed by atoms with van der Waals surface area (Å²) in [5, 5.41) is 3.92. The van der Waals surface area contributed by atoms with E-state index in [1.807, 2.05) is 0 Å². The van der Waals surface area contributed by atoms with Gasteiger partial charge < -0.3 is 9.47 Å². The normalized spacial score (nSPS) is 20.2. The number of carbonyl (C=O) groups is 1. The Kier molecular flexibility index (Phi) is 4.54. The predicted octanol–water partition coefficient (Wildman–Crippen LogP) is 3.58. The highest BCUT2D eigenvalue weighted by Gasteiger charge is 2.64. The highest BCUT2D eigenvalue weighted by Crippen LogP contribution is 2.50. The lowest BCUT2D eigenvalue weighted by atomic mass is 9.86. The number of alkyl halides is 3. The summed E-state index contributed by atoms with van der Waals surface area (Å²) in [5.41, 5.74) is -3.57. The quantitative estimate of drug-likeness (QED) is 0.762. The summed E-state index contributed by atoms with van der Waals surface area (Å²) >= 11 is 5.87. The molecule has 2 aromatic rings. The van der Waals surface area contributed by atoms with Crippen LogP contribution < -0.4 is 4.90 Å². The fourth-order valence-electron chi connectivity index (χ4n) is 3.12. The summed E-state index contributed by atoms with van der Waals surface area (Å²) < 4.78 is 53.9. The summed E-state index contributed by atoms with van der Waals surface area (Å²) in [7, 11) is 1.16. The first-order valence-electron chi connectivity index (χ1n) is 8.00. The highest BCUT2D eigenvalue weighted by molar-refractivity contribution is 6.29. The van der Waals surface area contributed by atoms with Crippen molar-refractivity contribution in [1.29, 1.82) is 0 Å². The number of amides is 1. The fraction of sp³-hybridized carbons (Fsp3) is 0.562. The zero-order valence-corrected chi connectivity index (χ0v) is 15.9. The van der Waals surface area contributed by atoms with Gasteiger partial charge in [0, 0.05) is 13.2 Å². The second-order valence-electron chi connectivity index (χ2n) is 7.31. The third-order valence-corrected chi connectivity index (χ3v) is 4.34. The summed E-state index contributed by atoms with van der Waals surface area (Å²) in [6.07, 6.45) is -4.46. The van der Waals surface area contributed by atoms with Crippen LogP contribution in [0.25, 0.3) is 5.65 Å². The van der Waals surface area contributed by atoms with Crippen molar-refractivity contribution in [2.75, 3.05) is 25.2 Å². The second-order valence-corrected chi connectivity index (χ2v) is 7.70. The summed E-state index contributed by atoms with van der Waals surface area (Å²) in [6, 6.07) is 1.34. The Bertz CT molecular complexity index is 893. The van der Waals surface area contributed by atoms with Crippen molar-refractivity contribution in [2.45, 2.75) is 38.0 Å². The summed E-state index contributed by atoms with van der Waals surface area (Å²) in [6.45, 7) is 3.46. The van der Waals surface area contributed by atoms with Gasteiger partial charge in [-0.1, -0.05) is 11.6 Å². The number of aromatic nitrogens is 3. The molecule has 3 rings (SSSR count). The first-order valence-corrected chi connectivity index (χ1v) is 8.38. The number of hydrogen-bond acceptors (Lipinski definition) is 5. The molecule has 0 saturated heterocycles. The van der Waals surface area contributed by atoms with Gasteiger partial charge in [-0.05, 0) is 20.8 Å². The van der Waals surface area contributed by atoms with E-state index in [2.05, 4.69) is 10.1 Å². The Balaban J connectivity index is 2.25. The van der Waals surface area contributed by atoms with Crippen molar-refractivity contribution in [3.05, 3.63) is 23.1 Å². The lowest BCUT2D eigenvalue weighted by molar-refractivity contribution is -0.199. The van der Waals surface area contributed by atoms with E-state index < -0.39 is 36.4 Å². The van der Waals surface area contributed by atoms with Gasteiger partial charge in [0.1, 0.15) is 5.60 Å².